The molecule has 0 atom stereocenters. The lowest BCUT2D eigenvalue weighted by molar-refractivity contribution is 0.0642. The summed E-state index contributed by atoms with van der Waals surface area (Å²) in [5, 5.41) is 2.87. The third-order valence-electron chi connectivity index (χ3n) is 2.95. The normalized spacial score (nSPS) is 16.7. The third-order valence-corrected chi connectivity index (χ3v) is 2.95. The molecule has 2 heterocycles. The van der Waals surface area contributed by atoms with Gasteiger partial charge in [0.05, 0.1) is 5.69 Å². The number of nitrogen functional groups attached to an aromatic ring is 1. The third kappa shape index (κ3) is 3.17. The smallest absolute Gasteiger partial charge is 0.272 e. The standard InChI is InChI=1S/C12H17N3O2/c13-10-2-1-5-14-11(10)12(16)15-8-9-3-6-17-7-4-9/h1-2,5,9H,3-4,6-8,13H2,(H,15,16). The molecule has 0 bridgehead atoms. The first-order valence-electron chi connectivity index (χ1n) is 5.84. The highest BCUT2D eigenvalue weighted by Crippen LogP contribution is 2.14. The highest BCUT2D eigenvalue weighted by atomic mass is 16.5. The van der Waals surface area contributed by atoms with E-state index in [0.29, 0.717) is 23.8 Å². The van der Waals surface area contributed by atoms with Gasteiger partial charge < -0.3 is 15.8 Å². The molecule has 0 aliphatic carbocycles. The molecule has 2 rings (SSSR count). The number of carbonyl (C=O) groups excluding carboxylic acids is 1. The Kier molecular flexibility index (Phi) is 3.93. The van der Waals surface area contributed by atoms with Gasteiger partial charge in [0.15, 0.2) is 5.69 Å². The molecular weight excluding hydrogens is 218 g/mol. The van der Waals surface area contributed by atoms with Gasteiger partial charge in [-0.25, -0.2) is 4.98 Å². The maximum Gasteiger partial charge on any atom is 0.272 e. The van der Waals surface area contributed by atoms with Gasteiger partial charge in [-0.3, -0.25) is 4.79 Å². The molecule has 3 N–H and O–H groups in total. The van der Waals surface area contributed by atoms with E-state index < -0.39 is 0 Å². The predicted molar refractivity (Wildman–Crippen MR) is 64.5 cm³/mol. The van der Waals surface area contributed by atoms with Gasteiger partial charge in [-0.15, -0.1) is 0 Å². The van der Waals surface area contributed by atoms with Crippen molar-refractivity contribution in [2.75, 3.05) is 25.5 Å². The van der Waals surface area contributed by atoms with Crippen LogP contribution in [0.2, 0.25) is 0 Å². The Morgan fingerprint density at radius 1 is 1.53 bits per heavy atom. The Labute approximate surface area is 100 Å². The molecule has 0 aromatic carbocycles. The molecule has 0 saturated carbocycles. The van der Waals surface area contributed by atoms with Crippen molar-refractivity contribution in [2.24, 2.45) is 5.92 Å². The van der Waals surface area contributed by atoms with Crippen LogP contribution in [-0.4, -0.2) is 30.6 Å². The van der Waals surface area contributed by atoms with Crippen molar-refractivity contribution >= 4 is 11.6 Å². The molecule has 1 aromatic heterocycles. The summed E-state index contributed by atoms with van der Waals surface area (Å²) >= 11 is 0. The van der Waals surface area contributed by atoms with Crippen LogP contribution in [0.25, 0.3) is 0 Å². The van der Waals surface area contributed by atoms with E-state index in [0.717, 1.165) is 26.1 Å². The molecule has 0 unspecified atom stereocenters. The SMILES string of the molecule is Nc1cccnc1C(=O)NCC1CCOCC1. The van der Waals surface area contributed by atoms with Crippen LogP contribution in [-0.2, 0) is 4.74 Å². The van der Waals surface area contributed by atoms with E-state index in [-0.39, 0.29) is 5.91 Å². The number of hydrogen-bond acceptors (Lipinski definition) is 4. The summed E-state index contributed by atoms with van der Waals surface area (Å²) in [7, 11) is 0. The lowest BCUT2D eigenvalue weighted by Gasteiger charge is -2.22. The molecule has 5 heteroatoms. The van der Waals surface area contributed by atoms with Gasteiger partial charge in [0.1, 0.15) is 0 Å². The van der Waals surface area contributed by atoms with Crippen LogP contribution in [0.3, 0.4) is 0 Å². The number of anilines is 1. The molecule has 17 heavy (non-hydrogen) atoms. The largest absolute Gasteiger partial charge is 0.397 e. The van der Waals surface area contributed by atoms with E-state index in [1.807, 2.05) is 0 Å². The highest BCUT2D eigenvalue weighted by Gasteiger charge is 2.16. The van der Waals surface area contributed by atoms with E-state index in [1.165, 1.54) is 0 Å². The van der Waals surface area contributed by atoms with Crippen molar-refractivity contribution in [2.45, 2.75) is 12.8 Å². The first-order chi connectivity index (χ1) is 8.27. The minimum absolute atomic E-state index is 0.199. The zero-order chi connectivity index (χ0) is 12.1. The van der Waals surface area contributed by atoms with Gasteiger partial charge in [-0.2, -0.15) is 0 Å². The van der Waals surface area contributed by atoms with Crippen LogP contribution in [0.1, 0.15) is 23.3 Å². The molecule has 1 amide bonds. The Morgan fingerprint density at radius 3 is 3.00 bits per heavy atom. The second-order valence-corrected chi connectivity index (χ2v) is 4.21. The van der Waals surface area contributed by atoms with E-state index in [2.05, 4.69) is 10.3 Å². The number of aromatic nitrogens is 1. The second-order valence-electron chi connectivity index (χ2n) is 4.21. The Bertz CT molecular complexity index is 389. The maximum atomic E-state index is 11.8. The van der Waals surface area contributed by atoms with Gasteiger partial charge in [0.25, 0.3) is 5.91 Å². The number of amides is 1. The summed E-state index contributed by atoms with van der Waals surface area (Å²) < 4.78 is 5.27. The van der Waals surface area contributed by atoms with E-state index >= 15 is 0 Å². The minimum Gasteiger partial charge on any atom is -0.397 e. The molecule has 0 radical (unpaired) electrons. The van der Waals surface area contributed by atoms with E-state index in [1.54, 1.807) is 18.3 Å². The summed E-state index contributed by atoms with van der Waals surface area (Å²) in [6.45, 7) is 2.23. The molecule has 92 valence electrons. The lowest BCUT2D eigenvalue weighted by atomic mass is 10.0. The number of nitrogens with two attached hydrogens (primary N) is 1. The molecule has 1 aromatic rings. The van der Waals surface area contributed by atoms with Crippen LogP contribution in [0.15, 0.2) is 18.3 Å². The van der Waals surface area contributed by atoms with Crippen molar-refractivity contribution in [3.8, 4) is 0 Å². The summed E-state index contributed by atoms with van der Waals surface area (Å²) in [5.41, 5.74) is 6.41. The fourth-order valence-electron chi connectivity index (χ4n) is 1.88. The van der Waals surface area contributed by atoms with Crippen LogP contribution in [0, 0.1) is 5.92 Å². The number of nitrogens with zero attached hydrogens (tertiary/aromatic N) is 1. The van der Waals surface area contributed by atoms with Crippen LogP contribution < -0.4 is 11.1 Å². The van der Waals surface area contributed by atoms with Gasteiger partial charge in [0, 0.05) is 26.0 Å². The maximum absolute atomic E-state index is 11.8. The summed E-state index contributed by atoms with van der Waals surface area (Å²) in [6, 6.07) is 3.39. The molecule has 1 aliphatic heterocycles. The zero-order valence-electron chi connectivity index (χ0n) is 9.69. The zero-order valence-corrected chi connectivity index (χ0v) is 9.69. The average Bonchev–Trinajstić information content (AvgIpc) is 2.38. The second kappa shape index (κ2) is 5.63. The van der Waals surface area contributed by atoms with Crippen LogP contribution in [0.5, 0.6) is 0 Å². The first-order valence-corrected chi connectivity index (χ1v) is 5.84. The van der Waals surface area contributed by atoms with Crippen LogP contribution >= 0.6 is 0 Å². The number of nitrogens with one attached hydrogen (secondary N) is 1. The first kappa shape index (κ1) is 11.9. The van der Waals surface area contributed by atoms with E-state index in [4.69, 9.17) is 10.5 Å². The van der Waals surface area contributed by atoms with Crippen molar-refractivity contribution < 1.29 is 9.53 Å². The van der Waals surface area contributed by atoms with Crippen LogP contribution in [0.4, 0.5) is 5.69 Å². The predicted octanol–water partition coefficient (Wildman–Crippen LogP) is 0.820. The monoisotopic (exact) mass is 235 g/mol. The minimum atomic E-state index is -0.199. The summed E-state index contributed by atoms with van der Waals surface area (Å²) in [6.07, 6.45) is 3.57. The lowest BCUT2D eigenvalue weighted by Crippen LogP contribution is -2.33. The number of hydrogen-bond donors (Lipinski definition) is 2. The van der Waals surface area contributed by atoms with Crippen molar-refractivity contribution in [3.05, 3.63) is 24.0 Å². The molecular formula is C12H17N3O2. The molecule has 0 spiro atoms. The molecule has 5 nitrogen and oxygen atoms in total. The highest BCUT2D eigenvalue weighted by molar-refractivity contribution is 5.96. The average molecular weight is 235 g/mol. The number of pyridine rings is 1. The van der Waals surface area contributed by atoms with Gasteiger partial charge >= 0.3 is 0 Å². The topological polar surface area (TPSA) is 77.2 Å². The number of rotatable bonds is 3. The summed E-state index contributed by atoms with van der Waals surface area (Å²) in [4.78, 5) is 15.8. The van der Waals surface area contributed by atoms with Crippen molar-refractivity contribution in [1.29, 1.82) is 0 Å². The number of carbonyl (C=O) groups is 1. The Balaban J connectivity index is 1.87. The summed E-state index contributed by atoms with van der Waals surface area (Å²) in [5.74, 6) is 0.298. The van der Waals surface area contributed by atoms with Gasteiger partial charge in [0.2, 0.25) is 0 Å². The van der Waals surface area contributed by atoms with Crippen molar-refractivity contribution in [1.82, 2.24) is 10.3 Å². The molecule has 1 saturated heterocycles. The van der Waals surface area contributed by atoms with Crippen molar-refractivity contribution in [3.63, 3.8) is 0 Å². The molecule has 1 aliphatic rings. The van der Waals surface area contributed by atoms with Gasteiger partial charge in [-0.1, -0.05) is 0 Å². The van der Waals surface area contributed by atoms with Gasteiger partial charge in [-0.05, 0) is 30.9 Å². The van der Waals surface area contributed by atoms with E-state index in [9.17, 15) is 4.79 Å². The Hall–Kier alpha value is -1.62. The number of ether oxygens (including phenoxy) is 1. The Morgan fingerprint density at radius 2 is 2.29 bits per heavy atom. The fraction of sp³-hybridized carbons (Fsp3) is 0.500. The fourth-order valence-corrected chi connectivity index (χ4v) is 1.88. The molecule has 1 fully saturated rings. The quantitative estimate of drug-likeness (QED) is 0.813.